The number of amides is 2. The van der Waals surface area contributed by atoms with E-state index in [1.807, 2.05) is 60.7 Å². The summed E-state index contributed by atoms with van der Waals surface area (Å²) >= 11 is 0. The van der Waals surface area contributed by atoms with E-state index in [2.05, 4.69) is 5.32 Å². The highest BCUT2D eigenvalue weighted by Crippen LogP contribution is 2.21. The van der Waals surface area contributed by atoms with Crippen LogP contribution < -0.4 is 16.0 Å². The van der Waals surface area contributed by atoms with Crippen molar-refractivity contribution in [2.75, 3.05) is 17.3 Å². The number of hydrogen-bond acceptors (Lipinski definition) is 3. The van der Waals surface area contributed by atoms with Gasteiger partial charge < -0.3 is 16.2 Å². The molecule has 162 valence electrons. The lowest BCUT2D eigenvalue weighted by Crippen LogP contribution is -2.31. The molecule has 0 saturated carbocycles. The largest absolute Gasteiger partial charge is 0.490 e. The quantitative estimate of drug-likeness (QED) is 0.362. The van der Waals surface area contributed by atoms with E-state index in [1.54, 1.807) is 18.0 Å². The first kappa shape index (κ1) is 23.2. The zero-order valence-corrected chi connectivity index (χ0v) is 16.3. The van der Waals surface area contributed by atoms with Crippen LogP contribution in [0.5, 0.6) is 0 Å². The molecule has 2 amide bonds. The van der Waals surface area contributed by atoms with Crippen molar-refractivity contribution in [3.63, 3.8) is 0 Å². The van der Waals surface area contributed by atoms with Crippen LogP contribution in [0.25, 0.3) is 10.8 Å². The molecule has 3 aromatic rings. The third-order valence-corrected chi connectivity index (χ3v) is 4.09. The third kappa shape index (κ3) is 6.46. The summed E-state index contributed by atoms with van der Waals surface area (Å²) in [4.78, 5) is 22.8. The molecular formula is C21H19F3N4O3. The number of halogens is 3. The van der Waals surface area contributed by atoms with Gasteiger partial charge >= 0.3 is 18.2 Å². The number of carboxylic acid groups (broad SMARTS) is 1. The minimum Gasteiger partial charge on any atom is -0.475 e. The Bertz CT molecular complexity index is 1100. The van der Waals surface area contributed by atoms with Crippen molar-refractivity contribution < 1.29 is 27.9 Å². The van der Waals surface area contributed by atoms with Crippen LogP contribution in [0.3, 0.4) is 0 Å². The number of carbonyl (C=O) groups excluding carboxylic acids is 1. The monoisotopic (exact) mass is 432 g/mol. The van der Waals surface area contributed by atoms with Gasteiger partial charge in [-0.05, 0) is 41.1 Å². The SMILES string of the molecule is CN(C(=O)Nc1ccc2cc(C(=N)N)ccc2c1)c1ccccc1.O=C(O)C(F)(F)F. The second-order valence-electron chi connectivity index (χ2n) is 6.32. The number of fused-ring (bicyclic) bond motifs is 1. The van der Waals surface area contributed by atoms with E-state index in [1.165, 1.54) is 0 Å². The number of aliphatic carboxylic acids is 1. The maximum atomic E-state index is 12.4. The zero-order chi connectivity index (χ0) is 23.2. The number of hydrogen-bond donors (Lipinski definition) is 4. The second-order valence-corrected chi connectivity index (χ2v) is 6.32. The van der Waals surface area contributed by atoms with Crippen LogP contribution in [0, 0.1) is 5.41 Å². The van der Waals surface area contributed by atoms with Crippen LogP contribution in [0.2, 0.25) is 0 Å². The predicted molar refractivity (Wildman–Crippen MR) is 113 cm³/mol. The van der Waals surface area contributed by atoms with Crippen molar-refractivity contribution in [3.8, 4) is 0 Å². The number of amidine groups is 1. The van der Waals surface area contributed by atoms with Gasteiger partial charge in [0.2, 0.25) is 0 Å². The van der Waals surface area contributed by atoms with Crippen molar-refractivity contribution in [2.45, 2.75) is 6.18 Å². The van der Waals surface area contributed by atoms with Gasteiger partial charge in [0.25, 0.3) is 0 Å². The Hall–Kier alpha value is -4.08. The standard InChI is InChI=1S/C19H18N4O.C2HF3O2/c1-23(17-5-3-2-4-6-17)19(24)22-16-10-9-13-11-15(18(20)21)8-7-14(13)12-16;3-2(4,5)1(6)7/h2-12H,1H3,(H3,20,21)(H,22,24);(H,6,7). The molecule has 0 radical (unpaired) electrons. The number of rotatable bonds is 3. The molecule has 0 aliphatic rings. The Labute approximate surface area is 175 Å². The minimum atomic E-state index is -5.08. The van der Waals surface area contributed by atoms with Gasteiger partial charge in [-0.15, -0.1) is 0 Å². The number of nitrogens with one attached hydrogen (secondary N) is 2. The zero-order valence-electron chi connectivity index (χ0n) is 16.3. The topological polar surface area (TPSA) is 120 Å². The lowest BCUT2D eigenvalue weighted by Gasteiger charge is -2.18. The fourth-order valence-corrected chi connectivity index (χ4v) is 2.47. The summed E-state index contributed by atoms with van der Waals surface area (Å²) < 4.78 is 31.7. The fraction of sp³-hybridized carbons (Fsp3) is 0.0952. The summed E-state index contributed by atoms with van der Waals surface area (Å²) in [6.45, 7) is 0. The van der Waals surface area contributed by atoms with Crippen LogP contribution in [0.15, 0.2) is 66.7 Å². The van der Waals surface area contributed by atoms with Crippen molar-refractivity contribution in [2.24, 2.45) is 5.73 Å². The number of nitrogen functional groups attached to an aromatic ring is 1. The molecule has 0 aliphatic carbocycles. The van der Waals surface area contributed by atoms with Gasteiger partial charge in [-0.2, -0.15) is 13.2 Å². The van der Waals surface area contributed by atoms with E-state index in [9.17, 15) is 18.0 Å². The van der Waals surface area contributed by atoms with Gasteiger partial charge in [0.1, 0.15) is 5.84 Å². The molecule has 0 spiro atoms. The highest BCUT2D eigenvalue weighted by atomic mass is 19.4. The van der Waals surface area contributed by atoms with Gasteiger partial charge in [0.15, 0.2) is 0 Å². The number of para-hydroxylation sites is 1. The van der Waals surface area contributed by atoms with Crippen LogP contribution in [-0.2, 0) is 4.79 Å². The van der Waals surface area contributed by atoms with Crippen LogP contribution in [0.1, 0.15) is 5.56 Å². The number of carboxylic acids is 1. The van der Waals surface area contributed by atoms with Crippen LogP contribution in [0.4, 0.5) is 29.3 Å². The van der Waals surface area contributed by atoms with Crippen LogP contribution in [-0.4, -0.2) is 36.2 Å². The number of benzene rings is 3. The molecule has 3 rings (SSSR count). The molecule has 5 N–H and O–H groups in total. The lowest BCUT2D eigenvalue weighted by atomic mass is 10.1. The molecule has 0 aliphatic heterocycles. The Morgan fingerprint density at radius 2 is 1.55 bits per heavy atom. The molecule has 7 nitrogen and oxygen atoms in total. The van der Waals surface area contributed by atoms with Crippen molar-refractivity contribution in [1.29, 1.82) is 5.41 Å². The second kappa shape index (κ2) is 9.61. The molecule has 0 saturated heterocycles. The number of anilines is 2. The van der Waals surface area contributed by atoms with Crippen molar-refractivity contribution in [1.82, 2.24) is 0 Å². The summed E-state index contributed by atoms with van der Waals surface area (Å²) in [5.74, 6) is -2.72. The molecule has 0 aromatic heterocycles. The molecule has 0 bridgehead atoms. The van der Waals surface area contributed by atoms with Crippen LogP contribution >= 0.6 is 0 Å². The fourth-order valence-electron chi connectivity index (χ4n) is 2.47. The predicted octanol–water partition coefficient (Wildman–Crippen LogP) is 4.43. The van der Waals surface area contributed by atoms with Gasteiger partial charge in [0.05, 0.1) is 0 Å². The maximum absolute atomic E-state index is 12.4. The van der Waals surface area contributed by atoms with E-state index in [0.29, 0.717) is 11.3 Å². The average Bonchev–Trinajstić information content (AvgIpc) is 2.73. The molecular weight excluding hydrogens is 413 g/mol. The number of carbonyl (C=O) groups is 2. The van der Waals surface area contributed by atoms with E-state index < -0.39 is 12.1 Å². The average molecular weight is 432 g/mol. The van der Waals surface area contributed by atoms with E-state index in [4.69, 9.17) is 21.0 Å². The highest BCUT2D eigenvalue weighted by molar-refractivity contribution is 6.03. The number of alkyl halides is 3. The van der Waals surface area contributed by atoms with E-state index in [0.717, 1.165) is 16.5 Å². The Morgan fingerprint density at radius 3 is 2.10 bits per heavy atom. The minimum absolute atomic E-state index is 0.0405. The van der Waals surface area contributed by atoms with Gasteiger partial charge in [-0.3, -0.25) is 10.3 Å². The lowest BCUT2D eigenvalue weighted by molar-refractivity contribution is -0.192. The summed E-state index contributed by atoms with van der Waals surface area (Å²) in [5, 5.41) is 19.4. The van der Waals surface area contributed by atoms with E-state index in [-0.39, 0.29) is 11.9 Å². The summed E-state index contributed by atoms with van der Waals surface area (Å²) in [6, 6.07) is 20.4. The molecule has 0 atom stereocenters. The maximum Gasteiger partial charge on any atom is 0.490 e. The molecule has 0 unspecified atom stereocenters. The van der Waals surface area contributed by atoms with E-state index >= 15 is 0 Å². The first-order chi connectivity index (χ1) is 14.5. The molecule has 31 heavy (non-hydrogen) atoms. The molecule has 0 heterocycles. The summed E-state index contributed by atoms with van der Waals surface area (Å²) in [7, 11) is 1.73. The normalized spacial score (nSPS) is 10.6. The third-order valence-electron chi connectivity index (χ3n) is 4.09. The number of urea groups is 1. The van der Waals surface area contributed by atoms with Crippen molar-refractivity contribution >= 4 is 40.0 Å². The van der Waals surface area contributed by atoms with Crippen molar-refractivity contribution in [3.05, 3.63) is 72.3 Å². The summed E-state index contributed by atoms with van der Waals surface area (Å²) in [6.07, 6.45) is -5.08. The molecule has 0 fully saturated rings. The first-order valence-electron chi connectivity index (χ1n) is 8.77. The van der Waals surface area contributed by atoms with Gasteiger partial charge in [-0.1, -0.05) is 36.4 Å². The number of nitrogens with two attached hydrogens (primary N) is 1. The Kier molecular flexibility index (Phi) is 7.19. The molecule has 3 aromatic carbocycles. The number of nitrogens with zero attached hydrogens (tertiary/aromatic N) is 1. The highest BCUT2D eigenvalue weighted by Gasteiger charge is 2.38. The summed E-state index contributed by atoms with van der Waals surface area (Å²) in [5.41, 5.74) is 7.73. The Balaban J connectivity index is 0.000000423. The molecule has 10 heteroatoms. The van der Waals surface area contributed by atoms with Gasteiger partial charge in [0, 0.05) is 24.0 Å². The Morgan fingerprint density at radius 1 is 1.00 bits per heavy atom. The first-order valence-corrected chi connectivity index (χ1v) is 8.77. The smallest absolute Gasteiger partial charge is 0.475 e. The van der Waals surface area contributed by atoms with Gasteiger partial charge in [-0.25, -0.2) is 9.59 Å².